The number of amides is 1. The molecule has 2 N–H and O–H groups in total. The number of hydrogen-bond donors (Lipinski definition) is 2. The van der Waals surface area contributed by atoms with Gasteiger partial charge in [-0.2, -0.15) is 0 Å². The minimum Gasteiger partial charge on any atom is -0.352 e. The van der Waals surface area contributed by atoms with Gasteiger partial charge in [0.15, 0.2) is 0 Å². The number of carbonyl (C=O) groups is 1. The van der Waals surface area contributed by atoms with Gasteiger partial charge in [0.1, 0.15) is 0 Å². The van der Waals surface area contributed by atoms with E-state index in [2.05, 4.69) is 10.6 Å². The zero-order chi connectivity index (χ0) is 14.3. The lowest BCUT2D eigenvalue weighted by Crippen LogP contribution is -2.27. The number of nitro groups is 1. The molecular formula is C13H19N3O3. The number of rotatable bonds is 7. The van der Waals surface area contributed by atoms with E-state index >= 15 is 0 Å². The van der Waals surface area contributed by atoms with Crippen molar-refractivity contribution in [1.82, 2.24) is 10.6 Å². The molecule has 0 saturated heterocycles. The van der Waals surface area contributed by atoms with E-state index in [0.29, 0.717) is 17.7 Å². The minimum absolute atomic E-state index is 0.0275. The van der Waals surface area contributed by atoms with Crippen LogP contribution in [0.2, 0.25) is 0 Å². The Morgan fingerprint density at radius 2 is 2.11 bits per heavy atom. The lowest BCUT2D eigenvalue weighted by atomic mass is 10.1. The Balaban J connectivity index is 2.57. The number of aryl methyl sites for hydroxylation is 1. The Hall–Kier alpha value is -1.95. The first-order valence-corrected chi connectivity index (χ1v) is 6.30. The number of nitro benzene ring substituents is 1. The van der Waals surface area contributed by atoms with Crippen molar-refractivity contribution in [1.29, 1.82) is 0 Å². The van der Waals surface area contributed by atoms with Crippen LogP contribution in [0.1, 0.15) is 29.3 Å². The van der Waals surface area contributed by atoms with E-state index in [1.807, 2.05) is 6.92 Å². The predicted molar refractivity (Wildman–Crippen MR) is 73.3 cm³/mol. The summed E-state index contributed by atoms with van der Waals surface area (Å²) in [5.74, 6) is -0.278. The first-order valence-electron chi connectivity index (χ1n) is 6.30. The highest BCUT2D eigenvalue weighted by atomic mass is 16.6. The minimum atomic E-state index is -0.475. The SMILES string of the molecule is CCNCCCNC(=O)c1ccc(C)c([N+](=O)[O-])c1. The van der Waals surface area contributed by atoms with Crippen molar-refractivity contribution < 1.29 is 9.72 Å². The van der Waals surface area contributed by atoms with Crippen LogP contribution in [0, 0.1) is 17.0 Å². The van der Waals surface area contributed by atoms with Crippen LogP contribution in [0.3, 0.4) is 0 Å². The Morgan fingerprint density at radius 1 is 1.37 bits per heavy atom. The maximum absolute atomic E-state index is 11.8. The van der Waals surface area contributed by atoms with Crippen LogP contribution in [0.25, 0.3) is 0 Å². The van der Waals surface area contributed by atoms with Crippen molar-refractivity contribution in [3.63, 3.8) is 0 Å². The second-order valence-electron chi connectivity index (χ2n) is 4.22. The maximum atomic E-state index is 11.8. The molecular weight excluding hydrogens is 246 g/mol. The molecule has 0 aliphatic carbocycles. The van der Waals surface area contributed by atoms with Gasteiger partial charge in [-0.15, -0.1) is 0 Å². The van der Waals surface area contributed by atoms with Crippen molar-refractivity contribution in [2.75, 3.05) is 19.6 Å². The summed E-state index contributed by atoms with van der Waals surface area (Å²) >= 11 is 0. The first kappa shape index (κ1) is 15.1. The second kappa shape index (κ2) is 7.48. The van der Waals surface area contributed by atoms with Crippen molar-refractivity contribution in [3.05, 3.63) is 39.4 Å². The summed E-state index contributed by atoms with van der Waals surface area (Å²) in [5, 5.41) is 16.7. The molecule has 1 aromatic rings. The van der Waals surface area contributed by atoms with Gasteiger partial charge in [-0.05, 0) is 32.5 Å². The predicted octanol–water partition coefficient (Wildman–Crippen LogP) is 1.63. The topological polar surface area (TPSA) is 84.3 Å². The van der Waals surface area contributed by atoms with Crippen LogP contribution in [0.4, 0.5) is 5.69 Å². The van der Waals surface area contributed by atoms with Crippen LogP contribution in [0.15, 0.2) is 18.2 Å². The summed E-state index contributed by atoms with van der Waals surface area (Å²) in [4.78, 5) is 22.1. The molecule has 1 aromatic carbocycles. The van der Waals surface area contributed by atoms with Crippen LogP contribution >= 0.6 is 0 Å². The number of nitrogens with zero attached hydrogens (tertiary/aromatic N) is 1. The van der Waals surface area contributed by atoms with Crippen molar-refractivity contribution in [2.24, 2.45) is 0 Å². The van der Waals surface area contributed by atoms with Crippen molar-refractivity contribution >= 4 is 11.6 Å². The highest BCUT2D eigenvalue weighted by Crippen LogP contribution is 2.19. The van der Waals surface area contributed by atoms with Gasteiger partial charge in [0.2, 0.25) is 0 Å². The molecule has 0 saturated carbocycles. The van der Waals surface area contributed by atoms with Gasteiger partial charge in [-0.3, -0.25) is 14.9 Å². The van der Waals surface area contributed by atoms with E-state index in [4.69, 9.17) is 0 Å². The average molecular weight is 265 g/mol. The lowest BCUT2D eigenvalue weighted by molar-refractivity contribution is -0.385. The maximum Gasteiger partial charge on any atom is 0.273 e. The third-order valence-corrected chi connectivity index (χ3v) is 2.73. The highest BCUT2D eigenvalue weighted by molar-refractivity contribution is 5.94. The van der Waals surface area contributed by atoms with E-state index in [-0.39, 0.29) is 11.6 Å². The summed E-state index contributed by atoms with van der Waals surface area (Å²) in [5.41, 5.74) is 0.842. The quantitative estimate of drug-likeness (QED) is 0.446. The van der Waals surface area contributed by atoms with E-state index < -0.39 is 4.92 Å². The fourth-order valence-corrected chi connectivity index (χ4v) is 1.64. The smallest absolute Gasteiger partial charge is 0.273 e. The second-order valence-corrected chi connectivity index (χ2v) is 4.22. The lowest BCUT2D eigenvalue weighted by Gasteiger charge is -2.06. The summed E-state index contributed by atoms with van der Waals surface area (Å²) in [6, 6.07) is 4.50. The standard InChI is InChI=1S/C13H19N3O3/c1-3-14-7-4-8-15-13(17)11-6-5-10(2)12(9-11)16(18)19/h5-6,9,14H,3-4,7-8H2,1-2H3,(H,15,17). The number of hydrogen-bond acceptors (Lipinski definition) is 4. The Morgan fingerprint density at radius 3 is 2.74 bits per heavy atom. The third-order valence-electron chi connectivity index (χ3n) is 2.73. The molecule has 1 rings (SSSR count). The molecule has 0 spiro atoms. The number of nitrogens with one attached hydrogen (secondary N) is 2. The van der Waals surface area contributed by atoms with Gasteiger partial charge in [-0.25, -0.2) is 0 Å². The molecule has 0 fully saturated rings. The normalized spacial score (nSPS) is 10.2. The van der Waals surface area contributed by atoms with Crippen LogP contribution < -0.4 is 10.6 Å². The molecule has 0 radical (unpaired) electrons. The molecule has 1 amide bonds. The van der Waals surface area contributed by atoms with Gasteiger partial charge in [0.25, 0.3) is 11.6 Å². The molecule has 0 heterocycles. The molecule has 19 heavy (non-hydrogen) atoms. The Bertz CT molecular complexity index is 460. The highest BCUT2D eigenvalue weighted by Gasteiger charge is 2.14. The Labute approximate surface area is 112 Å². The molecule has 0 aliphatic rings. The summed E-state index contributed by atoms with van der Waals surface area (Å²) < 4.78 is 0. The Kier molecular flexibility index (Phi) is 5.95. The molecule has 0 bridgehead atoms. The summed E-state index contributed by atoms with van der Waals surface area (Å²) in [7, 11) is 0. The molecule has 0 aromatic heterocycles. The van der Waals surface area contributed by atoms with Crippen molar-refractivity contribution in [2.45, 2.75) is 20.3 Å². The third kappa shape index (κ3) is 4.67. The molecule has 104 valence electrons. The van der Waals surface area contributed by atoms with Gasteiger partial charge < -0.3 is 10.6 Å². The van der Waals surface area contributed by atoms with Gasteiger partial charge in [-0.1, -0.05) is 13.0 Å². The van der Waals surface area contributed by atoms with Crippen molar-refractivity contribution in [3.8, 4) is 0 Å². The fourth-order valence-electron chi connectivity index (χ4n) is 1.64. The van der Waals surface area contributed by atoms with Crippen LogP contribution in [-0.2, 0) is 0 Å². The molecule has 6 heteroatoms. The van der Waals surface area contributed by atoms with E-state index in [1.165, 1.54) is 6.07 Å². The average Bonchev–Trinajstić information content (AvgIpc) is 2.38. The largest absolute Gasteiger partial charge is 0.352 e. The summed E-state index contributed by atoms with van der Waals surface area (Å²) in [6.07, 6.45) is 0.827. The molecule has 0 aliphatic heterocycles. The van der Waals surface area contributed by atoms with Crippen LogP contribution in [-0.4, -0.2) is 30.5 Å². The monoisotopic (exact) mass is 265 g/mol. The number of benzene rings is 1. The summed E-state index contributed by atoms with van der Waals surface area (Å²) in [6.45, 7) is 5.96. The van der Waals surface area contributed by atoms with E-state index in [9.17, 15) is 14.9 Å². The first-order chi connectivity index (χ1) is 9.06. The molecule has 0 atom stereocenters. The molecule has 0 unspecified atom stereocenters. The zero-order valence-electron chi connectivity index (χ0n) is 11.2. The van der Waals surface area contributed by atoms with Crippen LogP contribution in [0.5, 0.6) is 0 Å². The van der Waals surface area contributed by atoms with Gasteiger partial charge in [0, 0.05) is 23.7 Å². The fraction of sp³-hybridized carbons (Fsp3) is 0.462. The zero-order valence-corrected chi connectivity index (χ0v) is 11.2. The number of carbonyl (C=O) groups excluding carboxylic acids is 1. The molecule has 6 nitrogen and oxygen atoms in total. The van der Waals surface area contributed by atoms with Gasteiger partial charge >= 0.3 is 0 Å². The van der Waals surface area contributed by atoms with E-state index in [0.717, 1.165) is 19.5 Å². The van der Waals surface area contributed by atoms with Gasteiger partial charge in [0.05, 0.1) is 4.92 Å². The van der Waals surface area contributed by atoms with E-state index in [1.54, 1.807) is 19.1 Å².